The van der Waals surface area contributed by atoms with Gasteiger partial charge in [-0.25, -0.2) is 0 Å². The van der Waals surface area contributed by atoms with Crippen LogP contribution in [0.5, 0.6) is 11.5 Å². The van der Waals surface area contributed by atoms with E-state index in [1.165, 1.54) is 0 Å². The second kappa shape index (κ2) is 6.35. The summed E-state index contributed by atoms with van der Waals surface area (Å²) >= 11 is 0. The Morgan fingerprint density at radius 1 is 1.19 bits per heavy atom. The molecule has 16 heavy (non-hydrogen) atoms. The van der Waals surface area contributed by atoms with E-state index < -0.39 is 0 Å². The summed E-state index contributed by atoms with van der Waals surface area (Å²) in [6.45, 7) is 4.61. The average molecular weight is 225 g/mol. The lowest BCUT2D eigenvalue weighted by atomic mass is 10.2. The van der Waals surface area contributed by atoms with Gasteiger partial charge in [0.15, 0.2) is 11.5 Å². The first-order chi connectivity index (χ1) is 7.67. The normalized spacial score (nSPS) is 10.6. The number of benzene rings is 1. The summed E-state index contributed by atoms with van der Waals surface area (Å²) in [5.74, 6) is 1.50. The highest BCUT2D eigenvalue weighted by atomic mass is 16.6. The van der Waals surface area contributed by atoms with E-state index in [9.17, 15) is 0 Å². The van der Waals surface area contributed by atoms with Crippen LogP contribution in [0.4, 0.5) is 0 Å². The maximum absolute atomic E-state index is 5.62. The van der Waals surface area contributed by atoms with E-state index in [0.29, 0.717) is 6.54 Å². The molecule has 0 aliphatic rings. The third-order valence-electron chi connectivity index (χ3n) is 2.01. The van der Waals surface area contributed by atoms with E-state index >= 15 is 0 Å². The van der Waals surface area contributed by atoms with Crippen LogP contribution < -0.4 is 15.0 Å². The molecule has 0 aromatic heterocycles. The molecule has 1 aromatic rings. The Morgan fingerprint density at radius 2 is 1.94 bits per heavy atom. The SMILES string of the molecule is CONCc1ccc(OC(C)C)c(OC)c1. The lowest BCUT2D eigenvalue weighted by Gasteiger charge is -2.14. The topological polar surface area (TPSA) is 39.7 Å². The summed E-state index contributed by atoms with van der Waals surface area (Å²) in [6.07, 6.45) is 0.136. The molecular weight excluding hydrogens is 206 g/mol. The molecule has 4 nitrogen and oxygen atoms in total. The van der Waals surface area contributed by atoms with Crippen molar-refractivity contribution in [2.24, 2.45) is 0 Å². The molecule has 4 heteroatoms. The van der Waals surface area contributed by atoms with Crippen molar-refractivity contribution < 1.29 is 14.3 Å². The van der Waals surface area contributed by atoms with E-state index in [1.54, 1.807) is 14.2 Å². The van der Waals surface area contributed by atoms with Gasteiger partial charge in [0.05, 0.1) is 20.3 Å². The number of hydrogen-bond acceptors (Lipinski definition) is 4. The van der Waals surface area contributed by atoms with Gasteiger partial charge in [0.25, 0.3) is 0 Å². The van der Waals surface area contributed by atoms with Crippen molar-refractivity contribution in [2.75, 3.05) is 14.2 Å². The lowest BCUT2D eigenvalue weighted by Crippen LogP contribution is -2.11. The molecule has 0 unspecified atom stereocenters. The van der Waals surface area contributed by atoms with Crippen molar-refractivity contribution in [3.63, 3.8) is 0 Å². The second-order valence-corrected chi connectivity index (χ2v) is 3.68. The first kappa shape index (κ1) is 12.8. The minimum absolute atomic E-state index is 0.136. The van der Waals surface area contributed by atoms with Gasteiger partial charge in [-0.2, -0.15) is 5.48 Å². The summed E-state index contributed by atoms with van der Waals surface area (Å²) in [4.78, 5) is 4.79. The fourth-order valence-electron chi connectivity index (χ4n) is 1.33. The Bertz CT molecular complexity index is 326. The largest absolute Gasteiger partial charge is 0.493 e. The van der Waals surface area contributed by atoms with Crippen LogP contribution in [0.25, 0.3) is 0 Å². The molecule has 0 saturated heterocycles. The first-order valence-electron chi connectivity index (χ1n) is 5.26. The zero-order chi connectivity index (χ0) is 12.0. The first-order valence-corrected chi connectivity index (χ1v) is 5.26. The summed E-state index contributed by atoms with van der Waals surface area (Å²) in [7, 11) is 3.23. The monoisotopic (exact) mass is 225 g/mol. The van der Waals surface area contributed by atoms with Gasteiger partial charge in [-0.1, -0.05) is 6.07 Å². The van der Waals surface area contributed by atoms with E-state index in [4.69, 9.17) is 14.3 Å². The number of rotatable bonds is 6. The third kappa shape index (κ3) is 3.72. The van der Waals surface area contributed by atoms with Gasteiger partial charge >= 0.3 is 0 Å². The van der Waals surface area contributed by atoms with Crippen molar-refractivity contribution in [3.8, 4) is 11.5 Å². The molecule has 0 saturated carbocycles. The molecular formula is C12H19NO3. The van der Waals surface area contributed by atoms with Crippen LogP contribution in [-0.4, -0.2) is 20.3 Å². The Morgan fingerprint density at radius 3 is 2.50 bits per heavy atom. The number of methoxy groups -OCH3 is 1. The highest BCUT2D eigenvalue weighted by Gasteiger charge is 2.07. The van der Waals surface area contributed by atoms with Crippen molar-refractivity contribution in [3.05, 3.63) is 23.8 Å². The molecule has 0 bridgehead atoms. The Labute approximate surface area is 96.5 Å². The molecule has 0 heterocycles. The van der Waals surface area contributed by atoms with Gasteiger partial charge in [0, 0.05) is 6.54 Å². The summed E-state index contributed by atoms with van der Waals surface area (Å²) < 4.78 is 10.9. The quantitative estimate of drug-likeness (QED) is 0.753. The second-order valence-electron chi connectivity index (χ2n) is 3.68. The van der Waals surface area contributed by atoms with Crippen LogP contribution in [-0.2, 0) is 11.4 Å². The molecule has 0 aliphatic carbocycles. The van der Waals surface area contributed by atoms with Gasteiger partial charge in [-0.15, -0.1) is 0 Å². The summed E-state index contributed by atoms with van der Waals surface area (Å²) in [6, 6.07) is 5.82. The van der Waals surface area contributed by atoms with Crippen LogP contribution in [0.3, 0.4) is 0 Å². The molecule has 0 atom stereocenters. The predicted octanol–water partition coefficient (Wildman–Crippen LogP) is 2.13. The van der Waals surface area contributed by atoms with Gasteiger partial charge < -0.3 is 14.3 Å². The molecule has 0 radical (unpaired) electrons. The highest BCUT2D eigenvalue weighted by Crippen LogP contribution is 2.28. The number of nitrogens with one attached hydrogen (secondary N) is 1. The Hall–Kier alpha value is -1.26. The number of hydrogen-bond donors (Lipinski definition) is 1. The van der Waals surface area contributed by atoms with Crippen LogP contribution >= 0.6 is 0 Å². The van der Waals surface area contributed by atoms with Crippen LogP contribution in [0, 0.1) is 0 Å². The van der Waals surface area contributed by atoms with Gasteiger partial charge in [-0.3, -0.25) is 0 Å². The molecule has 1 N–H and O–H groups in total. The van der Waals surface area contributed by atoms with Crippen LogP contribution in [0.1, 0.15) is 19.4 Å². The molecule has 0 amide bonds. The van der Waals surface area contributed by atoms with Crippen molar-refractivity contribution in [1.82, 2.24) is 5.48 Å². The minimum Gasteiger partial charge on any atom is -0.493 e. The average Bonchev–Trinajstić information content (AvgIpc) is 2.27. The van der Waals surface area contributed by atoms with Gasteiger partial charge in [0.1, 0.15) is 0 Å². The maximum atomic E-state index is 5.62. The van der Waals surface area contributed by atoms with Crippen LogP contribution in [0.15, 0.2) is 18.2 Å². The predicted molar refractivity (Wildman–Crippen MR) is 62.6 cm³/mol. The lowest BCUT2D eigenvalue weighted by molar-refractivity contribution is 0.0866. The van der Waals surface area contributed by atoms with Crippen molar-refractivity contribution in [1.29, 1.82) is 0 Å². The third-order valence-corrected chi connectivity index (χ3v) is 2.01. The van der Waals surface area contributed by atoms with E-state index in [1.807, 2.05) is 32.0 Å². The van der Waals surface area contributed by atoms with E-state index in [-0.39, 0.29) is 6.10 Å². The number of hydroxylamine groups is 1. The summed E-state index contributed by atoms with van der Waals surface area (Å²) in [5, 5.41) is 0. The Kier molecular flexibility index (Phi) is 5.08. The fraction of sp³-hybridized carbons (Fsp3) is 0.500. The zero-order valence-corrected chi connectivity index (χ0v) is 10.2. The molecule has 90 valence electrons. The molecule has 1 rings (SSSR count). The smallest absolute Gasteiger partial charge is 0.161 e. The minimum atomic E-state index is 0.136. The summed E-state index contributed by atoms with van der Waals surface area (Å²) in [5.41, 5.74) is 3.86. The van der Waals surface area contributed by atoms with E-state index in [2.05, 4.69) is 5.48 Å². The molecule has 1 aromatic carbocycles. The maximum Gasteiger partial charge on any atom is 0.161 e. The molecule has 0 aliphatic heterocycles. The van der Waals surface area contributed by atoms with E-state index in [0.717, 1.165) is 17.1 Å². The van der Waals surface area contributed by atoms with Gasteiger partial charge in [-0.05, 0) is 31.5 Å². The van der Waals surface area contributed by atoms with Crippen molar-refractivity contribution in [2.45, 2.75) is 26.5 Å². The standard InChI is InChI=1S/C12H19NO3/c1-9(2)16-11-6-5-10(8-13-15-4)7-12(11)14-3/h5-7,9,13H,8H2,1-4H3. The fourth-order valence-corrected chi connectivity index (χ4v) is 1.33. The van der Waals surface area contributed by atoms with Crippen LogP contribution in [0.2, 0.25) is 0 Å². The highest BCUT2D eigenvalue weighted by molar-refractivity contribution is 5.43. The molecule has 0 fully saturated rings. The molecule has 0 spiro atoms. The van der Waals surface area contributed by atoms with Gasteiger partial charge in [0.2, 0.25) is 0 Å². The zero-order valence-electron chi connectivity index (χ0n) is 10.2. The van der Waals surface area contributed by atoms with Crippen molar-refractivity contribution >= 4 is 0 Å². The number of ether oxygens (including phenoxy) is 2. The Balaban J connectivity index is 2.79.